The Labute approximate surface area is 376 Å². The standard InChI is InChI=1S/C49H75N5O9/c1-14-32(6)44(53(11)48(59)42(30(2)3)51-47(58)43(31(4)5)52(9)10)40(61-12)28-41(56)54-26-18-21-39(54)45(62-13)33(7)46(57)50-38(27-35-19-16-15-17-20-35)29-63-49(60)37-24-22-36(23-25-37)34(8)55/h15-17,19-20,22-25,30-33,38-40,42-45H,14,18,21,26-29H2,1-13H3,(H,50,57)(H,51,58)/t32-,33+,38-,39-,40?,42-,43-,44-,45+/m0/s1. The van der Waals surface area contributed by atoms with E-state index in [2.05, 4.69) is 10.6 Å². The molecule has 0 aromatic heterocycles. The Morgan fingerprint density at radius 2 is 1.43 bits per heavy atom. The fourth-order valence-corrected chi connectivity index (χ4v) is 8.89. The summed E-state index contributed by atoms with van der Waals surface area (Å²) in [4.78, 5) is 86.4. The summed E-state index contributed by atoms with van der Waals surface area (Å²) in [5.74, 6) is -2.54. The SMILES string of the molecule is CC[C@H](C)[C@@H](C(CC(=O)N1CCC[C@H]1[C@H](OC)[C@@H](C)C(=O)N[C@H](COC(=O)c1ccc(C(C)=O)cc1)Cc1ccccc1)OC)N(C)C(=O)[C@@H](NC(=O)[C@H](C(C)C)N(C)C)C(C)C. The molecule has 1 aliphatic rings. The van der Waals surface area contributed by atoms with E-state index in [-0.39, 0.29) is 65.8 Å². The van der Waals surface area contributed by atoms with E-state index in [4.69, 9.17) is 14.2 Å². The fraction of sp³-hybridized carbons (Fsp3) is 0.633. The highest BCUT2D eigenvalue weighted by molar-refractivity contribution is 5.96. The summed E-state index contributed by atoms with van der Waals surface area (Å²) < 4.78 is 17.8. The summed E-state index contributed by atoms with van der Waals surface area (Å²) in [6, 6.07) is 13.1. The molecule has 1 fully saturated rings. The van der Waals surface area contributed by atoms with Gasteiger partial charge >= 0.3 is 5.97 Å². The van der Waals surface area contributed by atoms with Crippen molar-refractivity contribution < 1.29 is 43.0 Å². The Balaban J connectivity index is 1.79. The molecule has 1 saturated heterocycles. The Morgan fingerprint density at radius 3 is 1.95 bits per heavy atom. The average molecular weight is 878 g/mol. The normalized spacial score (nSPS) is 17.9. The summed E-state index contributed by atoms with van der Waals surface area (Å²) in [5.41, 5.74) is 1.71. The van der Waals surface area contributed by atoms with E-state index in [0.29, 0.717) is 31.4 Å². The third-order valence-corrected chi connectivity index (χ3v) is 12.6. The number of Topliss-reactive ketones (excluding diaryl/α,β-unsaturated/α-hetero) is 1. The summed E-state index contributed by atoms with van der Waals surface area (Å²) in [7, 11) is 8.52. The number of ketones is 1. The van der Waals surface area contributed by atoms with Crippen molar-refractivity contribution in [2.45, 2.75) is 130 Å². The van der Waals surface area contributed by atoms with Crippen LogP contribution < -0.4 is 10.6 Å². The highest BCUT2D eigenvalue weighted by Gasteiger charge is 2.43. The van der Waals surface area contributed by atoms with Gasteiger partial charge in [-0.05, 0) is 75.7 Å². The minimum Gasteiger partial charge on any atom is -0.460 e. The minimum atomic E-state index is -0.785. The molecular formula is C49H75N5O9. The van der Waals surface area contributed by atoms with Gasteiger partial charge in [0, 0.05) is 33.4 Å². The van der Waals surface area contributed by atoms with Gasteiger partial charge in [0.05, 0.1) is 54.3 Å². The summed E-state index contributed by atoms with van der Waals surface area (Å²) in [5, 5.41) is 6.13. The van der Waals surface area contributed by atoms with Crippen molar-refractivity contribution >= 4 is 35.4 Å². The van der Waals surface area contributed by atoms with Crippen molar-refractivity contribution in [1.29, 1.82) is 0 Å². The third kappa shape index (κ3) is 14.4. The van der Waals surface area contributed by atoms with Crippen molar-refractivity contribution in [3.63, 3.8) is 0 Å². The minimum absolute atomic E-state index is 0.00656. The molecule has 1 heterocycles. The highest BCUT2D eigenvalue weighted by atomic mass is 16.5. The van der Waals surface area contributed by atoms with E-state index >= 15 is 0 Å². The number of hydrogen-bond donors (Lipinski definition) is 2. The van der Waals surface area contributed by atoms with E-state index in [1.54, 1.807) is 62.3 Å². The summed E-state index contributed by atoms with van der Waals surface area (Å²) >= 11 is 0. The number of methoxy groups -OCH3 is 2. The maximum Gasteiger partial charge on any atom is 0.338 e. The quantitative estimate of drug-likeness (QED) is 0.103. The van der Waals surface area contributed by atoms with Crippen LogP contribution in [0, 0.1) is 23.7 Å². The molecule has 0 saturated carbocycles. The van der Waals surface area contributed by atoms with E-state index in [1.807, 2.05) is 90.9 Å². The molecule has 4 amide bonds. The van der Waals surface area contributed by atoms with Crippen LogP contribution in [0.2, 0.25) is 0 Å². The van der Waals surface area contributed by atoms with Crippen LogP contribution in [-0.2, 0) is 39.8 Å². The predicted molar refractivity (Wildman–Crippen MR) is 244 cm³/mol. The zero-order valence-corrected chi connectivity index (χ0v) is 40.0. The molecule has 14 nitrogen and oxygen atoms in total. The average Bonchev–Trinajstić information content (AvgIpc) is 3.73. The van der Waals surface area contributed by atoms with Crippen LogP contribution in [0.1, 0.15) is 107 Å². The predicted octanol–water partition coefficient (Wildman–Crippen LogP) is 5.42. The Hall–Kier alpha value is -4.66. The van der Waals surface area contributed by atoms with Gasteiger partial charge in [0.2, 0.25) is 23.6 Å². The van der Waals surface area contributed by atoms with Crippen molar-refractivity contribution in [2.75, 3.05) is 48.5 Å². The molecule has 1 unspecified atom stereocenters. The monoisotopic (exact) mass is 878 g/mol. The number of ether oxygens (including phenoxy) is 3. The molecule has 14 heteroatoms. The maximum absolute atomic E-state index is 14.4. The van der Waals surface area contributed by atoms with Gasteiger partial charge in [-0.3, -0.25) is 28.9 Å². The molecule has 0 bridgehead atoms. The van der Waals surface area contributed by atoms with E-state index in [0.717, 1.165) is 12.0 Å². The molecule has 350 valence electrons. The van der Waals surface area contributed by atoms with Crippen LogP contribution in [0.15, 0.2) is 54.6 Å². The number of hydrogen-bond acceptors (Lipinski definition) is 10. The van der Waals surface area contributed by atoms with E-state index in [9.17, 15) is 28.8 Å². The van der Waals surface area contributed by atoms with Gasteiger partial charge in [-0.2, -0.15) is 0 Å². The number of carbonyl (C=O) groups excluding carboxylic acids is 6. The first-order valence-electron chi connectivity index (χ1n) is 22.5. The molecule has 2 aromatic carbocycles. The van der Waals surface area contributed by atoms with Gasteiger partial charge in [-0.1, -0.05) is 97.4 Å². The largest absolute Gasteiger partial charge is 0.460 e. The van der Waals surface area contributed by atoms with E-state index in [1.165, 1.54) is 6.92 Å². The Kier molecular flexibility index (Phi) is 20.9. The van der Waals surface area contributed by atoms with Crippen LogP contribution in [0.3, 0.4) is 0 Å². The number of likely N-dealkylation sites (N-methyl/N-ethyl adjacent to an activating group) is 2. The molecule has 63 heavy (non-hydrogen) atoms. The van der Waals surface area contributed by atoms with Crippen molar-refractivity contribution in [3.8, 4) is 0 Å². The summed E-state index contributed by atoms with van der Waals surface area (Å²) in [6.07, 6.45) is 1.13. The van der Waals surface area contributed by atoms with Gasteiger partial charge in [0.15, 0.2) is 5.78 Å². The lowest BCUT2D eigenvalue weighted by Crippen LogP contribution is -2.59. The number of amides is 4. The zero-order chi connectivity index (χ0) is 47.1. The molecule has 3 rings (SSSR count). The first kappa shape index (κ1) is 52.7. The number of carbonyl (C=O) groups is 6. The molecule has 9 atom stereocenters. The first-order chi connectivity index (χ1) is 29.8. The van der Waals surface area contributed by atoms with Crippen LogP contribution >= 0.6 is 0 Å². The topological polar surface area (TPSA) is 164 Å². The number of likely N-dealkylation sites (tertiary alicyclic amines) is 1. The second-order valence-corrected chi connectivity index (χ2v) is 18.1. The molecule has 0 radical (unpaired) electrons. The molecule has 1 aliphatic heterocycles. The van der Waals surface area contributed by atoms with Gasteiger partial charge in [0.1, 0.15) is 12.6 Å². The van der Waals surface area contributed by atoms with Gasteiger partial charge in [0.25, 0.3) is 0 Å². The molecule has 0 spiro atoms. The van der Waals surface area contributed by atoms with Crippen molar-refractivity contribution in [2.24, 2.45) is 23.7 Å². The van der Waals surface area contributed by atoms with Crippen LogP contribution in [-0.4, -0.2) is 141 Å². The molecule has 2 aromatic rings. The first-order valence-corrected chi connectivity index (χ1v) is 22.5. The lowest BCUT2D eigenvalue weighted by atomic mass is 9.89. The van der Waals surface area contributed by atoms with Crippen molar-refractivity contribution in [1.82, 2.24) is 25.3 Å². The van der Waals surface area contributed by atoms with Crippen LogP contribution in [0.4, 0.5) is 0 Å². The van der Waals surface area contributed by atoms with Crippen LogP contribution in [0.25, 0.3) is 0 Å². The van der Waals surface area contributed by atoms with Gasteiger partial charge in [-0.25, -0.2) is 4.79 Å². The second kappa shape index (κ2) is 25.0. The molecule has 0 aliphatic carbocycles. The smallest absolute Gasteiger partial charge is 0.338 e. The highest BCUT2D eigenvalue weighted by Crippen LogP contribution is 2.30. The number of rotatable bonds is 24. The third-order valence-electron chi connectivity index (χ3n) is 12.6. The zero-order valence-electron chi connectivity index (χ0n) is 40.0. The second-order valence-electron chi connectivity index (χ2n) is 18.1. The van der Waals surface area contributed by atoms with Gasteiger partial charge in [-0.15, -0.1) is 0 Å². The number of nitrogens with zero attached hydrogens (tertiary/aromatic N) is 3. The lowest BCUT2D eigenvalue weighted by Gasteiger charge is -2.41. The lowest BCUT2D eigenvalue weighted by molar-refractivity contribution is -0.148. The van der Waals surface area contributed by atoms with Gasteiger partial charge < -0.3 is 34.6 Å². The maximum atomic E-state index is 14.4. The number of benzene rings is 2. The number of esters is 1. The van der Waals surface area contributed by atoms with Crippen LogP contribution in [0.5, 0.6) is 0 Å². The Morgan fingerprint density at radius 1 is 0.810 bits per heavy atom. The summed E-state index contributed by atoms with van der Waals surface area (Å²) in [6.45, 7) is 15.4. The van der Waals surface area contributed by atoms with E-state index < -0.39 is 54.3 Å². The van der Waals surface area contributed by atoms with Crippen molar-refractivity contribution in [3.05, 3.63) is 71.3 Å². The molecular weight excluding hydrogens is 803 g/mol. The number of nitrogens with one attached hydrogen (secondary N) is 2. The Bertz CT molecular complexity index is 1800. The fourth-order valence-electron chi connectivity index (χ4n) is 8.89. The molecule has 2 N–H and O–H groups in total.